The van der Waals surface area contributed by atoms with Crippen molar-refractivity contribution in [2.45, 2.75) is 6.18 Å². The monoisotopic (exact) mass is 265 g/mol. The number of amidine groups is 1. The van der Waals surface area contributed by atoms with Crippen LogP contribution in [0, 0.1) is 5.82 Å². The SMILES string of the molecule is CN(CC(F)(F)F)c1ccc(/C(N)=N/O)cc1F. The Kier molecular flexibility index (Phi) is 4.00. The van der Waals surface area contributed by atoms with E-state index in [2.05, 4.69) is 5.16 Å². The summed E-state index contributed by atoms with van der Waals surface area (Å²) >= 11 is 0. The minimum Gasteiger partial charge on any atom is -0.409 e. The summed E-state index contributed by atoms with van der Waals surface area (Å²) in [5.41, 5.74) is 5.09. The van der Waals surface area contributed by atoms with Crippen LogP contribution in [0.15, 0.2) is 23.4 Å². The lowest BCUT2D eigenvalue weighted by Gasteiger charge is -2.21. The van der Waals surface area contributed by atoms with Gasteiger partial charge in [0.05, 0.1) is 5.69 Å². The van der Waals surface area contributed by atoms with Gasteiger partial charge in [0.1, 0.15) is 12.4 Å². The Hall–Kier alpha value is -1.99. The zero-order chi connectivity index (χ0) is 13.9. The maximum absolute atomic E-state index is 13.6. The number of halogens is 4. The van der Waals surface area contributed by atoms with E-state index in [1.807, 2.05) is 0 Å². The Morgan fingerprint density at radius 3 is 2.50 bits per heavy atom. The summed E-state index contributed by atoms with van der Waals surface area (Å²) in [6.07, 6.45) is -4.43. The molecule has 4 nitrogen and oxygen atoms in total. The Labute approximate surface area is 100 Å². The minimum atomic E-state index is -4.43. The maximum atomic E-state index is 13.6. The number of anilines is 1. The predicted molar refractivity (Wildman–Crippen MR) is 58.2 cm³/mol. The van der Waals surface area contributed by atoms with Crippen molar-refractivity contribution in [2.24, 2.45) is 10.9 Å². The molecule has 0 spiro atoms. The molecule has 0 aliphatic rings. The molecule has 8 heteroatoms. The molecule has 0 aliphatic carbocycles. The average Bonchev–Trinajstić information content (AvgIpc) is 2.25. The molecule has 0 radical (unpaired) electrons. The van der Waals surface area contributed by atoms with Crippen molar-refractivity contribution >= 4 is 11.5 Å². The van der Waals surface area contributed by atoms with Gasteiger partial charge in [0, 0.05) is 12.6 Å². The van der Waals surface area contributed by atoms with Crippen LogP contribution in [0.5, 0.6) is 0 Å². The van der Waals surface area contributed by atoms with E-state index in [4.69, 9.17) is 10.9 Å². The number of benzene rings is 1. The first-order valence-electron chi connectivity index (χ1n) is 4.80. The molecule has 0 heterocycles. The van der Waals surface area contributed by atoms with Crippen molar-refractivity contribution in [2.75, 3.05) is 18.5 Å². The van der Waals surface area contributed by atoms with E-state index in [-0.39, 0.29) is 17.1 Å². The van der Waals surface area contributed by atoms with Gasteiger partial charge in [-0.05, 0) is 18.2 Å². The number of oxime groups is 1. The third-order valence-electron chi connectivity index (χ3n) is 2.18. The van der Waals surface area contributed by atoms with Crippen molar-refractivity contribution in [3.8, 4) is 0 Å². The zero-order valence-electron chi connectivity index (χ0n) is 9.37. The van der Waals surface area contributed by atoms with Crippen LogP contribution in [0.25, 0.3) is 0 Å². The molecule has 3 N–H and O–H groups in total. The van der Waals surface area contributed by atoms with E-state index in [1.54, 1.807) is 0 Å². The van der Waals surface area contributed by atoms with E-state index >= 15 is 0 Å². The van der Waals surface area contributed by atoms with Gasteiger partial charge in [0.25, 0.3) is 0 Å². The summed E-state index contributed by atoms with van der Waals surface area (Å²) < 4.78 is 50.0. The molecule has 100 valence electrons. The van der Waals surface area contributed by atoms with Crippen LogP contribution in [0.2, 0.25) is 0 Å². The summed E-state index contributed by atoms with van der Waals surface area (Å²) in [5.74, 6) is -1.20. The van der Waals surface area contributed by atoms with Gasteiger partial charge >= 0.3 is 6.18 Å². The number of nitrogens with two attached hydrogens (primary N) is 1. The normalized spacial score (nSPS) is 12.6. The molecule has 1 aromatic carbocycles. The standard InChI is InChI=1S/C10H11F4N3O/c1-17(5-10(12,13)14)8-3-2-6(4-7(8)11)9(15)16-18/h2-4,18H,5H2,1H3,(H2,15,16). The van der Waals surface area contributed by atoms with Crippen LogP contribution in [0.1, 0.15) is 5.56 Å². The first-order chi connectivity index (χ1) is 8.24. The van der Waals surface area contributed by atoms with E-state index in [0.29, 0.717) is 0 Å². The van der Waals surface area contributed by atoms with Gasteiger partial charge in [-0.2, -0.15) is 13.2 Å². The highest BCUT2D eigenvalue weighted by atomic mass is 19.4. The molecule has 0 unspecified atom stereocenters. The van der Waals surface area contributed by atoms with Gasteiger partial charge in [-0.1, -0.05) is 5.16 Å². The first-order valence-corrected chi connectivity index (χ1v) is 4.80. The molecule has 0 bridgehead atoms. The second-order valence-corrected chi connectivity index (χ2v) is 3.62. The number of hydrogen-bond donors (Lipinski definition) is 2. The average molecular weight is 265 g/mol. The fourth-order valence-corrected chi connectivity index (χ4v) is 1.39. The molecule has 0 saturated heterocycles. The molecular weight excluding hydrogens is 254 g/mol. The Morgan fingerprint density at radius 2 is 2.06 bits per heavy atom. The molecule has 0 saturated carbocycles. The van der Waals surface area contributed by atoms with Crippen LogP contribution >= 0.6 is 0 Å². The number of hydrogen-bond acceptors (Lipinski definition) is 3. The summed E-state index contributed by atoms with van der Waals surface area (Å²) in [7, 11) is 1.12. The highest BCUT2D eigenvalue weighted by Gasteiger charge is 2.30. The van der Waals surface area contributed by atoms with Crippen molar-refractivity contribution in [3.63, 3.8) is 0 Å². The number of rotatable bonds is 3. The predicted octanol–water partition coefficient (Wildman–Crippen LogP) is 1.92. The number of alkyl halides is 3. The molecule has 1 rings (SSSR count). The van der Waals surface area contributed by atoms with Gasteiger partial charge in [-0.15, -0.1) is 0 Å². The van der Waals surface area contributed by atoms with Crippen molar-refractivity contribution in [1.29, 1.82) is 0 Å². The third-order valence-corrected chi connectivity index (χ3v) is 2.18. The first kappa shape index (κ1) is 14.1. The molecule has 0 aliphatic heterocycles. The Bertz CT molecular complexity index is 459. The van der Waals surface area contributed by atoms with Gasteiger partial charge in [0.15, 0.2) is 5.84 Å². The second-order valence-electron chi connectivity index (χ2n) is 3.62. The van der Waals surface area contributed by atoms with Gasteiger partial charge in [-0.3, -0.25) is 0 Å². The second kappa shape index (κ2) is 5.11. The van der Waals surface area contributed by atoms with Gasteiger partial charge in [0.2, 0.25) is 0 Å². The van der Waals surface area contributed by atoms with E-state index in [9.17, 15) is 17.6 Å². The van der Waals surface area contributed by atoms with Crippen LogP contribution < -0.4 is 10.6 Å². The largest absolute Gasteiger partial charge is 0.409 e. The van der Waals surface area contributed by atoms with E-state index < -0.39 is 18.5 Å². The number of nitrogens with zero attached hydrogens (tertiary/aromatic N) is 2. The summed E-state index contributed by atoms with van der Waals surface area (Å²) in [6.45, 7) is -1.27. The zero-order valence-corrected chi connectivity index (χ0v) is 9.37. The molecule has 0 amide bonds. The summed E-state index contributed by atoms with van der Waals surface area (Å²) in [6, 6.07) is 3.30. The van der Waals surface area contributed by atoms with Crippen LogP contribution in [-0.2, 0) is 0 Å². The summed E-state index contributed by atoms with van der Waals surface area (Å²) in [5, 5.41) is 11.1. The van der Waals surface area contributed by atoms with E-state index in [1.165, 1.54) is 6.07 Å². The lowest BCUT2D eigenvalue weighted by Crippen LogP contribution is -2.31. The molecular formula is C10H11F4N3O. The minimum absolute atomic E-state index is 0.0826. The molecule has 1 aromatic rings. The fourth-order valence-electron chi connectivity index (χ4n) is 1.39. The smallest absolute Gasteiger partial charge is 0.405 e. The quantitative estimate of drug-likeness (QED) is 0.288. The molecule has 18 heavy (non-hydrogen) atoms. The highest BCUT2D eigenvalue weighted by Crippen LogP contribution is 2.23. The van der Waals surface area contributed by atoms with Gasteiger partial charge in [-0.25, -0.2) is 4.39 Å². The maximum Gasteiger partial charge on any atom is 0.405 e. The van der Waals surface area contributed by atoms with Crippen LogP contribution in [0.4, 0.5) is 23.2 Å². The lowest BCUT2D eigenvalue weighted by molar-refractivity contribution is -0.119. The Balaban J connectivity index is 2.99. The van der Waals surface area contributed by atoms with Crippen LogP contribution in [-0.4, -0.2) is 30.8 Å². The summed E-state index contributed by atoms with van der Waals surface area (Å²) in [4.78, 5) is 0.728. The Morgan fingerprint density at radius 1 is 1.44 bits per heavy atom. The molecule has 0 atom stereocenters. The highest BCUT2D eigenvalue weighted by molar-refractivity contribution is 5.97. The van der Waals surface area contributed by atoms with Crippen molar-refractivity contribution in [3.05, 3.63) is 29.6 Å². The van der Waals surface area contributed by atoms with Crippen molar-refractivity contribution < 1.29 is 22.8 Å². The van der Waals surface area contributed by atoms with E-state index in [0.717, 1.165) is 24.1 Å². The van der Waals surface area contributed by atoms with Crippen molar-refractivity contribution in [1.82, 2.24) is 0 Å². The lowest BCUT2D eigenvalue weighted by atomic mass is 10.1. The van der Waals surface area contributed by atoms with Gasteiger partial charge < -0.3 is 15.8 Å². The topological polar surface area (TPSA) is 61.8 Å². The molecule has 0 fully saturated rings. The molecule has 0 aromatic heterocycles. The fraction of sp³-hybridized carbons (Fsp3) is 0.300. The van der Waals surface area contributed by atoms with Crippen LogP contribution in [0.3, 0.4) is 0 Å². The third kappa shape index (κ3) is 3.51.